The van der Waals surface area contributed by atoms with Crippen LogP contribution in [0.15, 0.2) is 31.0 Å². The van der Waals surface area contributed by atoms with E-state index in [-0.39, 0.29) is 5.92 Å². The number of rotatable bonds is 6. The lowest BCUT2D eigenvalue weighted by Gasteiger charge is -2.56. The predicted octanol–water partition coefficient (Wildman–Crippen LogP) is 1.81. The van der Waals surface area contributed by atoms with Gasteiger partial charge in [-0.1, -0.05) is 6.92 Å². The highest BCUT2D eigenvalue weighted by molar-refractivity contribution is 7.88. The normalized spacial score (nSPS) is 21.0. The van der Waals surface area contributed by atoms with Gasteiger partial charge in [-0.05, 0) is 25.3 Å². The Morgan fingerprint density at radius 3 is 2.73 bits per heavy atom. The summed E-state index contributed by atoms with van der Waals surface area (Å²) in [6.07, 6.45) is 10.8. The maximum Gasteiger partial charge on any atom is 0.211 e. The first-order chi connectivity index (χ1) is 15.9. The predicted molar refractivity (Wildman–Crippen MR) is 123 cm³/mol. The first-order valence-electron chi connectivity index (χ1n) is 11.3. The van der Waals surface area contributed by atoms with Gasteiger partial charge >= 0.3 is 0 Å². The Bertz CT molecular complexity index is 1290. The van der Waals surface area contributed by atoms with Gasteiger partial charge in [0.15, 0.2) is 0 Å². The molecule has 1 atom stereocenters. The molecular weight excluding hydrogens is 440 g/mol. The van der Waals surface area contributed by atoms with Gasteiger partial charge in [-0.15, -0.1) is 0 Å². The van der Waals surface area contributed by atoms with Crippen molar-refractivity contribution < 1.29 is 8.42 Å². The number of sulfonamides is 1. The van der Waals surface area contributed by atoms with Crippen molar-refractivity contribution in [3.63, 3.8) is 0 Å². The number of aromatic nitrogens is 5. The summed E-state index contributed by atoms with van der Waals surface area (Å²) in [5.41, 5.74) is 2.09. The Balaban J connectivity index is 1.39. The van der Waals surface area contributed by atoms with E-state index in [1.165, 1.54) is 6.26 Å². The minimum absolute atomic E-state index is 0.171. The Labute approximate surface area is 193 Å². The summed E-state index contributed by atoms with van der Waals surface area (Å²) >= 11 is 0. The van der Waals surface area contributed by atoms with E-state index in [0.29, 0.717) is 19.1 Å². The zero-order valence-corrected chi connectivity index (χ0v) is 19.7. The molecule has 3 aromatic heterocycles. The van der Waals surface area contributed by atoms with Crippen molar-refractivity contribution in [2.45, 2.75) is 37.8 Å². The van der Waals surface area contributed by atoms with Crippen LogP contribution >= 0.6 is 0 Å². The van der Waals surface area contributed by atoms with Crippen LogP contribution in [0.5, 0.6) is 0 Å². The van der Waals surface area contributed by atoms with Gasteiger partial charge in [-0.25, -0.2) is 22.7 Å². The number of likely N-dealkylation sites (tertiary alicyclic amines) is 1. The van der Waals surface area contributed by atoms with Gasteiger partial charge in [0.2, 0.25) is 10.0 Å². The van der Waals surface area contributed by atoms with E-state index >= 15 is 0 Å². The van der Waals surface area contributed by atoms with Gasteiger partial charge in [0, 0.05) is 55.6 Å². The molecule has 3 aromatic rings. The second kappa shape index (κ2) is 8.20. The molecule has 0 radical (unpaired) electrons. The Kier molecular flexibility index (Phi) is 5.47. The Morgan fingerprint density at radius 2 is 2.06 bits per heavy atom. The van der Waals surface area contributed by atoms with Crippen LogP contribution in [0.25, 0.3) is 22.3 Å². The fourth-order valence-corrected chi connectivity index (χ4v) is 6.24. The topological polar surface area (TPSA) is 124 Å². The first kappa shape index (κ1) is 22.0. The lowest BCUT2D eigenvalue weighted by Crippen LogP contribution is -2.69. The van der Waals surface area contributed by atoms with Crippen LogP contribution in [0.4, 0.5) is 0 Å². The van der Waals surface area contributed by atoms with Crippen molar-refractivity contribution in [3.05, 3.63) is 31.0 Å². The lowest BCUT2D eigenvalue weighted by molar-refractivity contribution is -0.0639. The molecule has 5 rings (SSSR count). The standard InChI is InChI=1S/C22H28N8O2S/c1-3-17(10-23)22(13-28(14-22)18-5-8-29(9-6-18)33(2,31)32)30-12-16(11-27-30)20-19-4-7-24-21(19)26-15-25-20/h4,7,11-12,15,17-18H,3,5-6,8-9,13-14H2,1-2H3,(H,24,25,26). The highest BCUT2D eigenvalue weighted by atomic mass is 32.2. The molecule has 5 heterocycles. The third-order valence-electron chi connectivity index (χ3n) is 7.24. The van der Waals surface area contributed by atoms with Crippen LogP contribution in [0.1, 0.15) is 26.2 Å². The zero-order valence-electron chi connectivity index (χ0n) is 18.8. The fraction of sp³-hybridized carbons (Fsp3) is 0.545. The number of fused-ring (bicyclic) bond motifs is 1. The van der Waals surface area contributed by atoms with Gasteiger partial charge in [-0.3, -0.25) is 9.58 Å². The number of nitriles is 1. The van der Waals surface area contributed by atoms with E-state index in [9.17, 15) is 13.7 Å². The molecule has 0 saturated carbocycles. The highest BCUT2D eigenvalue weighted by Gasteiger charge is 2.53. The molecule has 174 valence electrons. The number of H-pyrrole nitrogens is 1. The average molecular weight is 469 g/mol. The SMILES string of the molecule is CCC(C#N)C1(n2cc(-c3ncnc4[nH]ccc34)cn2)CN(C2CCN(S(C)(=O)=O)CC2)C1. The van der Waals surface area contributed by atoms with Crippen molar-refractivity contribution in [1.29, 1.82) is 5.26 Å². The van der Waals surface area contributed by atoms with Crippen molar-refractivity contribution in [2.75, 3.05) is 32.4 Å². The van der Waals surface area contributed by atoms with E-state index < -0.39 is 15.6 Å². The van der Waals surface area contributed by atoms with Crippen molar-refractivity contribution in [2.24, 2.45) is 5.92 Å². The summed E-state index contributed by atoms with van der Waals surface area (Å²) < 4.78 is 27.2. The van der Waals surface area contributed by atoms with Gasteiger partial charge in [0.1, 0.15) is 17.5 Å². The second-order valence-electron chi connectivity index (χ2n) is 9.13. The Morgan fingerprint density at radius 1 is 1.30 bits per heavy atom. The molecule has 1 unspecified atom stereocenters. The minimum Gasteiger partial charge on any atom is -0.346 e. The molecule has 0 amide bonds. The van der Waals surface area contributed by atoms with E-state index in [1.54, 1.807) is 10.6 Å². The fourth-order valence-electron chi connectivity index (χ4n) is 5.36. The van der Waals surface area contributed by atoms with Gasteiger partial charge in [0.25, 0.3) is 0 Å². The van der Waals surface area contributed by atoms with Crippen LogP contribution in [0, 0.1) is 17.2 Å². The Hall–Kier alpha value is -2.81. The summed E-state index contributed by atoms with van der Waals surface area (Å²) in [4.78, 5) is 14.2. The molecule has 11 heteroatoms. The zero-order chi connectivity index (χ0) is 23.2. The third kappa shape index (κ3) is 3.72. The maximum absolute atomic E-state index is 11.8. The molecule has 0 bridgehead atoms. The van der Waals surface area contributed by atoms with Gasteiger partial charge < -0.3 is 4.98 Å². The molecule has 33 heavy (non-hydrogen) atoms. The van der Waals surface area contributed by atoms with Crippen molar-refractivity contribution >= 4 is 21.1 Å². The van der Waals surface area contributed by atoms with Crippen LogP contribution in [-0.4, -0.2) is 80.8 Å². The first-order valence-corrected chi connectivity index (χ1v) is 13.1. The summed E-state index contributed by atoms with van der Waals surface area (Å²) in [5, 5.41) is 15.6. The number of hydrogen-bond donors (Lipinski definition) is 1. The molecule has 2 saturated heterocycles. The number of aromatic amines is 1. The van der Waals surface area contributed by atoms with E-state index in [4.69, 9.17) is 5.10 Å². The summed E-state index contributed by atoms with van der Waals surface area (Å²) in [7, 11) is -3.14. The van der Waals surface area contributed by atoms with E-state index in [2.05, 4.69) is 25.9 Å². The summed E-state index contributed by atoms with van der Waals surface area (Å²) in [5.74, 6) is -0.171. The van der Waals surface area contributed by atoms with Crippen molar-refractivity contribution in [1.82, 2.24) is 33.9 Å². The molecule has 1 N–H and O–H groups in total. The van der Waals surface area contributed by atoms with Crippen LogP contribution in [0.2, 0.25) is 0 Å². The number of piperidine rings is 1. The van der Waals surface area contributed by atoms with Crippen LogP contribution in [0.3, 0.4) is 0 Å². The summed E-state index contributed by atoms with van der Waals surface area (Å²) in [6.45, 7) is 4.60. The molecule has 10 nitrogen and oxygen atoms in total. The van der Waals surface area contributed by atoms with E-state index in [0.717, 1.165) is 54.6 Å². The second-order valence-corrected chi connectivity index (χ2v) is 11.1. The lowest BCUT2D eigenvalue weighted by atomic mass is 9.75. The van der Waals surface area contributed by atoms with Crippen LogP contribution < -0.4 is 0 Å². The monoisotopic (exact) mass is 468 g/mol. The molecule has 2 aliphatic heterocycles. The van der Waals surface area contributed by atoms with Crippen molar-refractivity contribution in [3.8, 4) is 17.3 Å². The molecular formula is C22H28N8O2S. The molecule has 0 aromatic carbocycles. The molecule has 2 aliphatic rings. The number of nitrogens with zero attached hydrogens (tertiary/aromatic N) is 7. The number of nitrogens with one attached hydrogen (secondary N) is 1. The quantitative estimate of drug-likeness (QED) is 0.585. The minimum atomic E-state index is -3.14. The highest BCUT2D eigenvalue weighted by Crippen LogP contribution is 2.41. The van der Waals surface area contributed by atoms with Gasteiger partial charge in [0.05, 0.1) is 30.1 Å². The molecule has 2 fully saturated rings. The maximum atomic E-state index is 11.8. The summed E-state index contributed by atoms with van der Waals surface area (Å²) in [6, 6.07) is 4.79. The van der Waals surface area contributed by atoms with Gasteiger partial charge in [-0.2, -0.15) is 10.4 Å². The number of hydrogen-bond acceptors (Lipinski definition) is 7. The van der Waals surface area contributed by atoms with Crippen LogP contribution in [-0.2, 0) is 15.6 Å². The van der Waals surface area contributed by atoms with E-state index in [1.807, 2.05) is 36.3 Å². The average Bonchev–Trinajstić information content (AvgIpc) is 3.45. The largest absolute Gasteiger partial charge is 0.346 e. The molecule has 0 spiro atoms. The smallest absolute Gasteiger partial charge is 0.211 e. The molecule has 0 aliphatic carbocycles. The third-order valence-corrected chi connectivity index (χ3v) is 8.54.